The Balaban J connectivity index is 1.25. The van der Waals surface area contributed by atoms with E-state index in [1.807, 2.05) is 60.7 Å². The van der Waals surface area contributed by atoms with E-state index in [4.69, 9.17) is 15.1 Å². The standard InChI is InChI=1S/C39H30N4O/c40-38(27-13-5-2-6-14-27)42-39(41-25-26-11-3-1-4-12-26)28-19-21-29(22-20-28)43-34-17-9-7-15-30(34)32-23-24-33-31-16-8-10-18-35(31)44-37(33)36(32)43/h1-24,39,41H,25H2,(H2,40,42). The van der Waals surface area contributed by atoms with E-state index < -0.39 is 0 Å². The third-order valence-corrected chi connectivity index (χ3v) is 8.33. The zero-order valence-corrected chi connectivity index (χ0v) is 24.0. The minimum absolute atomic E-state index is 0.329. The van der Waals surface area contributed by atoms with Crippen molar-refractivity contribution in [1.82, 2.24) is 9.88 Å². The van der Waals surface area contributed by atoms with Gasteiger partial charge < -0.3 is 14.7 Å². The number of rotatable bonds is 7. The molecule has 0 spiro atoms. The average molecular weight is 571 g/mol. The minimum Gasteiger partial charge on any atom is -0.454 e. The number of para-hydroxylation sites is 2. The molecule has 5 heteroatoms. The van der Waals surface area contributed by atoms with Crippen LogP contribution < -0.4 is 11.1 Å². The topological polar surface area (TPSA) is 68.5 Å². The summed E-state index contributed by atoms with van der Waals surface area (Å²) in [6, 6.07) is 50.0. The third kappa shape index (κ3) is 4.51. The lowest BCUT2D eigenvalue weighted by Gasteiger charge is -2.18. The lowest BCUT2D eigenvalue weighted by atomic mass is 10.1. The van der Waals surface area contributed by atoms with Crippen molar-refractivity contribution in [2.45, 2.75) is 12.7 Å². The predicted molar refractivity (Wildman–Crippen MR) is 181 cm³/mol. The summed E-state index contributed by atoms with van der Waals surface area (Å²) in [6.07, 6.45) is -0.329. The number of hydrogen-bond donors (Lipinski definition) is 2. The molecule has 5 nitrogen and oxygen atoms in total. The molecule has 3 N–H and O–H groups in total. The Bertz CT molecular complexity index is 2280. The summed E-state index contributed by atoms with van der Waals surface area (Å²) >= 11 is 0. The summed E-state index contributed by atoms with van der Waals surface area (Å²) in [5.74, 6) is 0.495. The van der Waals surface area contributed by atoms with E-state index >= 15 is 0 Å². The summed E-state index contributed by atoms with van der Waals surface area (Å²) in [4.78, 5) is 4.95. The molecule has 0 fully saturated rings. The molecule has 1 atom stereocenters. The number of aromatic nitrogens is 1. The van der Waals surface area contributed by atoms with Gasteiger partial charge in [-0.25, -0.2) is 4.99 Å². The van der Waals surface area contributed by atoms with Crippen molar-refractivity contribution >= 4 is 49.6 Å². The quantitative estimate of drug-likeness (QED) is 0.149. The molecule has 44 heavy (non-hydrogen) atoms. The molecular weight excluding hydrogens is 540 g/mol. The summed E-state index contributed by atoms with van der Waals surface area (Å²) in [7, 11) is 0. The van der Waals surface area contributed by atoms with Crippen LogP contribution in [0.3, 0.4) is 0 Å². The van der Waals surface area contributed by atoms with Gasteiger partial charge in [0.1, 0.15) is 17.6 Å². The number of furan rings is 1. The first-order valence-corrected chi connectivity index (χ1v) is 14.8. The molecule has 8 aromatic rings. The molecule has 0 aliphatic carbocycles. The number of fused-ring (bicyclic) bond motifs is 7. The largest absolute Gasteiger partial charge is 0.454 e. The van der Waals surface area contributed by atoms with Crippen LogP contribution in [0.5, 0.6) is 0 Å². The molecule has 0 radical (unpaired) electrons. The first kappa shape index (κ1) is 26.0. The number of nitrogens with two attached hydrogens (primary N) is 1. The monoisotopic (exact) mass is 570 g/mol. The second kappa shape index (κ2) is 10.9. The summed E-state index contributed by atoms with van der Waals surface area (Å²) in [5, 5.41) is 8.21. The Morgan fingerprint density at radius 3 is 2.11 bits per heavy atom. The average Bonchev–Trinajstić information content (AvgIpc) is 3.64. The predicted octanol–water partition coefficient (Wildman–Crippen LogP) is 8.88. The summed E-state index contributed by atoms with van der Waals surface area (Å²) < 4.78 is 8.83. The van der Waals surface area contributed by atoms with Crippen molar-refractivity contribution in [3.63, 3.8) is 0 Å². The second-order valence-corrected chi connectivity index (χ2v) is 11.0. The maximum Gasteiger partial charge on any atom is 0.160 e. The van der Waals surface area contributed by atoms with Gasteiger partial charge >= 0.3 is 0 Å². The van der Waals surface area contributed by atoms with Gasteiger partial charge in [0, 0.05) is 39.3 Å². The molecule has 212 valence electrons. The summed E-state index contributed by atoms with van der Waals surface area (Å²) in [6.45, 7) is 0.662. The van der Waals surface area contributed by atoms with Crippen molar-refractivity contribution in [3.8, 4) is 5.69 Å². The Kier molecular flexibility index (Phi) is 6.43. The fraction of sp³-hybridized carbons (Fsp3) is 0.0513. The highest BCUT2D eigenvalue weighted by atomic mass is 16.3. The normalized spacial score (nSPS) is 12.9. The highest BCUT2D eigenvalue weighted by molar-refractivity contribution is 6.21. The number of benzene rings is 6. The molecule has 0 amide bonds. The molecule has 0 bridgehead atoms. The zero-order valence-electron chi connectivity index (χ0n) is 24.0. The number of nitrogens with one attached hydrogen (secondary N) is 1. The van der Waals surface area contributed by atoms with Crippen LogP contribution in [0.1, 0.15) is 22.9 Å². The molecule has 6 aromatic carbocycles. The van der Waals surface area contributed by atoms with Crippen LogP contribution in [0.4, 0.5) is 0 Å². The molecule has 2 aromatic heterocycles. The molecule has 0 saturated heterocycles. The Hall–Kier alpha value is -5.65. The number of aliphatic imine (C=N–C) groups is 1. The van der Waals surface area contributed by atoms with Crippen molar-refractivity contribution in [1.29, 1.82) is 0 Å². The zero-order chi connectivity index (χ0) is 29.5. The smallest absolute Gasteiger partial charge is 0.160 e. The van der Waals surface area contributed by atoms with Crippen molar-refractivity contribution in [3.05, 3.63) is 162 Å². The van der Waals surface area contributed by atoms with E-state index in [0.29, 0.717) is 12.4 Å². The van der Waals surface area contributed by atoms with Gasteiger partial charge in [-0.1, -0.05) is 115 Å². The lowest BCUT2D eigenvalue weighted by Crippen LogP contribution is -2.24. The van der Waals surface area contributed by atoms with Gasteiger partial charge in [0.2, 0.25) is 0 Å². The van der Waals surface area contributed by atoms with Crippen LogP contribution >= 0.6 is 0 Å². The van der Waals surface area contributed by atoms with Crippen molar-refractivity contribution in [2.75, 3.05) is 0 Å². The SMILES string of the molecule is NC(=NC(NCc1ccccc1)c1ccc(-n2c3ccccc3c3ccc4c5ccccc5oc4c32)cc1)c1ccccc1. The molecule has 2 heterocycles. The van der Waals surface area contributed by atoms with E-state index in [2.05, 4.69) is 94.8 Å². The third-order valence-electron chi connectivity index (χ3n) is 8.33. The highest BCUT2D eigenvalue weighted by Crippen LogP contribution is 2.40. The Morgan fingerprint density at radius 1 is 0.659 bits per heavy atom. The number of hydrogen-bond acceptors (Lipinski definition) is 3. The van der Waals surface area contributed by atoms with Gasteiger partial charge in [-0.15, -0.1) is 0 Å². The van der Waals surface area contributed by atoms with Gasteiger partial charge in [0.15, 0.2) is 5.58 Å². The van der Waals surface area contributed by atoms with Crippen molar-refractivity contribution in [2.24, 2.45) is 10.7 Å². The lowest BCUT2D eigenvalue weighted by molar-refractivity contribution is 0.554. The van der Waals surface area contributed by atoms with Crippen LogP contribution in [0.25, 0.3) is 49.4 Å². The van der Waals surface area contributed by atoms with Gasteiger partial charge in [0.25, 0.3) is 0 Å². The number of nitrogens with zero attached hydrogens (tertiary/aromatic N) is 2. The minimum atomic E-state index is -0.329. The van der Waals surface area contributed by atoms with Crippen LogP contribution in [0.2, 0.25) is 0 Å². The molecule has 8 rings (SSSR count). The molecule has 0 aliphatic heterocycles. The first-order chi connectivity index (χ1) is 21.7. The van der Waals surface area contributed by atoms with Crippen LogP contribution in [-0.2, 0) is 6.54 Å². The summed E-state index contributed by atoms with van der Waals surface area (Å²) in [5.41, 5.74) is 14.7. The second-order valence-electron chi connectivity index (χ2n) is 11.0. The first-order valence-electron chi connectivity index (χ1n) is 14.8. The van der Waals surface area contributed by atoms with Crippen LogP contribution in [0.15, 0.2) is 155 Å². The van der Waals surface area contributed by atoms with Crippen molar-refractivity contribution < 1.29 is 4.42 Å². The van der Waals surface area contributed by atoms with E-state index in [-0.39, 0.29) is 6.17 Å². The van der Waals surface area contributed by atoms with E-state index in [9.17, 15) is 0 Å². The maximum atomic E-state index is 6.52. The van der Waals surface area contributed by atoms with Gasteiger partial charge in [-0.3, -0.25) is 5.32 Å². The van der Waals surface area contributed by atoms with Gasteiger partial charge in [-0.2, -0.15) is 0 Å². The highest BCUT2D eigenvalue weighted by Gasteiger charge is 2.19. The van der Waals surface area contributed by atoms with E-state index in [1.165, 1.54) is 16.3 Å². The van der Waals surface area contributed by atoms with Gasteiger partial charge in [0.05, 0.1) is 11.0 Å². The fourth-order valence-electron chi connectivity index (χ4n) is 6.18. The van der Waals surface area contributed by atoms with Crippen LogP contribution in [0, 0.1) is 0 Å². The fourth-order valence-corrected chi connectivity index (χ4v) is 6.18. The van der Waals surface area contributed by atoms with Gasteiger partial charge in [-0.05, 0) is 41.5 Å². The molecular formula is C39H30N4O. The number of amidine groups is 1. The Labute approximate surface area is 254 Å². The van der Waals surface area contributed by atoms with Crippen LogP contribution in [-0.4, -0.2) is 10.4 Å². The Morgan fingerprint density at radius 2 is 1.32 bits per heavy atom. The molecule has 0 saturated carbocycles. The maximum absolute atomic E-state index is 6.52. The molecule has 1 unspecified atom stereocenters. The van der Waals surface area contributed by atoms with E-state index in [0.717, 1.165) is 49.8 Å². The van der Waals surface area contributed by atoms with E-state index in [1.54, 1.807) is 0 Å². The molecule has 0 aliphatic rings.